The Morgan fingerprint density at radius 3 is 2.38 bits per heavy atom. The fourth-order valence-electron chi connectivity index (χ4n) is 0.0546. The van der Waals surface area contributed by atoms with Crippen molar-refractivity contribution in [3.05, 3.63) is 0 Å². The Labute approximate surface area is 55.5 Å². The summed E-state index contributed by atoms with van der Waals surface area (Å²) >= 11 is 2.80. The van der Waals surface area contributed by atoms with Crippen LogP contribution in [0.2, 0.25) is 0 Å². The van der Waals surface area contributed by atoms with Crippen molar-refractivity contribution in [2.24, 2.45) is 0 Å². The Morgan fingerprint density at radius 2 is 2.38 bits per heavy atom. The second-order valence-corrected chi connectivity index (χ2v) is 2.26. The number of aliphatic hydroxyl groups is 1. The highest BCUT2D eigenvalue weighted by Crippen LogP contribution is 2.04. The van der Waals surface area contributed by atoms with Gasteiger partial charge in [-0.15, -0.1) is 0 Å². The van der Waals surface area contributed by atoms with Gasteiger partial charge in [-0.25, -0.2) is 0 Å². The predicted octanol–water partition coefficient (Wildman–Crippen LogP) is -1.12. The number of hydrogen-bond donors (Lipinski definition) is 1. The summed E-state index contributed by atoms with van der Waals surface area (Å²) in [6, 6.07) is 0. The normalized spacial score (nSPS) is 17.4. The van der Waals surface area contributed by atoms with E-state index in [2.05, 4.69) is 15.9 Å². The van der Waals surface area contributed by atoms with Crippen molar-refractivity contribution in [1.82, 2.24) is 0 Å². The first-order valence-electron chi connectivity index (χ1n) is 2.00. The Hall–Kier alpha value is -0.0900. The Balaban J connectivity index is 3.91. The van der Waals surface area contributed by atoms with Gasteiger partial charge in [0.25, 0.3) is 0 Å². The third-order valence-electron chi connectivity index (χ3n) is 0.700. The van der Waals surface area contributed by atoms with Crippen LogP contribution in [0.5, 0.6) is 0 Å². The zero-order valence-electron chi connectivity index (χ0n) is 4.35. The van der Waals surface area contributed by atoms with Crippen molar-refractivity contribution in [2.75, 3.05) is 5.33 Å². The van der Waals surface area contributed by atoms with E-state index in [4.69, 9.17) is 5.11 Å². The van der Waals surface area contributed by atoms with Gasteiger partial charge in [-0.2, -0.15) is 0 Å². The van der Waals surface area contributed by atoms with Gasteiger partial charge in [0, 0.05) is 5.33 Å². The molecule has 0 aliphatic heterocycles. The highest BCUT2D eigenvalue weighted by atomic mass is 79.9. The molecule has 4 heteroatoms. The first-order valence-corrected chi connectivity index (χ1v) is 3.12. The van der Waals surface area contributed by atoms with Gasteiger partial charge in [0.15, 0.2) is 0 Å². The van der Waals surface area contributed by atoms with Crippen LogP contribution in [0.4, 0.5) is 0 Å². The quantitative estimate of drug-likeness (QED) is 0.550. The van der Waals surface area contributed by atoms with E-state index in [1.807, 2.05) is 0 Å². The monoisotopic (exact) mass is 181 g/mol. The molecule has 0 aliphatic rings. The summed E-state index contributed by atoms with van der Waals surface area (Å²) < 4.78 is 0. The Kier molecular flexibility index (Phi) is 2.43. The molecule has 0 aromatic heterocycles. The van der Waals surface area contributed by atoms with Crippen LogP contribution in [-0.2, 0) is 4.79 Å². The molecule has 0 radical (unpaired) electrons. The fraction of sp³-hybridized carbons (Fsp3) is 0.750. The van der Waals surface area contributed by atoms with Gasteiger partial charge in [-0.1, -0.05) is 15.9 Å². The highest BCUT2D eigenvalue weighted by Gasteiger charge is 2.18. The lowest BCUT2D eigenvalue weighted by atomic mass is 10.1. The summed E-state index contributed by atoms with van der Waals surface area (Å²) in [5, 5.41) is 18.5. The standard InChI is InChI=1S/C4H7BrO3/c1-4(8,2-5)3(6)7/h8H,2H2,1H3,(H,6,7)/p-1/t4-/m0/s1. The van der Waals surface area contributed by atoms with Crippen molar-refractivity contribution in [3.8, 4) is 0 Å². The molecule has 8 heavy (non-hydrogen) atoms. The maximum Gasteiger partial charge on any atom is 0.111 e. The van der Waals surface area contributed by atoms with Crippen LogP contribution in [-0.4, -0.2) is 22.0 Å². The lowest BCUT2D eigenvalue weighted by molar-refractivity contribution is -0.321. The lowest BCUT2D eigenvalue weighted by Gasteiger charge is -2.20. The van der Waals surface area contributed by atoms with Gasteiger partial charge in [-0.05, 0) is 6.92 Å². The van der Waals surface area contributed by atoms with Gasteiger partial charge in [-0.3, -0.25) is 0 Å². The minimum atomic E-state index is -1.74. The van der Waals surface area contributed by atoms with Crippen molar-refractivity contribution in [2.45, 2.75) is 12.5 Å². The lowest BCUT2D eigenvalue weighted by Crippen LogP contribution is -2.47. The van der Waals surface area contributed by atoms with Crippen molar-refractivity contribution < 1.29 is 15.0 Å². The zero-order chi connectivity index (χ0) is 6.78. The number of carbonyl (C=O) groups excluding carboxylic acids is 1. The van der Waals surface area contributed by atoms with E-state index in [9.17, 15) is 9.90 Å². The molecule has 1 atom stereocenters. The predicted molar refractivity (Wildman–Crippen MR) is 29.4 cm³/mol. The van der Waals surface area contributed by atoms with Crippen LogP contribution >= 0.6 is 15.9 Å². The Bertz CT molecular complexity index is 99.5. The topological polar surface area (TPSA) is 60.4 Å². The van der Waals surface area contributed by atoms with E-state index in [-0.39, 0.29) is 5.33 Å². The molecular formula is C4H6BrO3-. The van der Waals surface area contributed by atoms with Crippen molar-refractivity contribution >= 4 is 21.9 Å². The SMILES string of the molecule is C[C@](O)(CBr)C(=O)[O-]. The number of halogens is 1. The number of alkyl halides is 1. The summed E-state index contributed by atoms with van der Waals surface area (Å²) in [5.41, 5.74) is -1.74. The van der Waals surface area contributed by atoms with Crippen LogP contribution < -0.4 is 5.11 Å². The van der Waals surface area contributed by atoms with Gasteiger partial charge in [0.05, 0.1) is 5.97 Å². The van der Waals surface area contributed by atoms with Gasteiger partial charge in [0.1, 0.15) is 5.60 Å². The van der Waals surface area contributed by atoms with Crippen LogP contribution in [0, 0.1) is 0 Å². The Morgan fingerprint density at radius 1 is 2.00 bits per heavy atom. The zero-order valence-corrected chi connectivity index (χ0v) is 5.93. The maximum atomic E-state index is 9.86. The maximum absolute atomic E-state index is 9.86. The van der Waals surface area contributed by atoms with E-state index < -0.39 is 11.6 Å². The summed E-state index contributed by atoms with van der Waals surface area (Å²) in [6.07, 6.45) is 0. The summed E-state index contributed by atoms with van der Waals surface area (Å²) in [4.78, 5) is 9.86. The van der Waals surface area contributed by atoms with Gasteiger partial charge < -0.3 is 15.0 Å². The van der Waals surface area contributed by atoms with E-state index >= 15 is 0 Å². The number of hydrogen-bond acceptors (Lipinski definition) is 3. The average Bonchev–Trinajstić information content (AvgIpc) is 1.67. The second-order valence-electron chi connectivity index (χ2n) is 1.69. The number of rotatable bonds is 2. The molecule has 1 N–H and O–H groups in total. The van der Waals surface area contributed by atoms with E-state index in [1.54, 1.807) is 0 Å². The summed E-state index contributed by atoms with van der Waals surface area (Å²) in [6.45, 7) is 1.16. The fourth-order valence-corrected chi connectivity index (χ4v) is 0.283. The molecule has 0 saturated heterocycles. The van der Waals surface area contributed by atoms with Crippen molar-refractivity contribution in [3.63, 3.8) is 0 Å². The molecule has 0 bridgehead atoms. The van der Waals surface area contributed by atoms with Crippen LogP contribution in [0.3, 0.4) is 0 Å². The van der Waals surface area contributed by atoms with Crippen LogP contribution in [0.15, 0.2) is 0 Å². The number of aliphatic carboxylic acids is 1. The van der Waals surface area contributed by atoms with E-state index in [0.717, 1.165) is 6.92 Å². The van der Waals surface area contributed by atoms with E-state index in [0.29, 0.717) is 0 Å². The molecule has 0 rings (SSSR count). The smallest absolute Gasteiger partial charge is 0.111 e. The summed E-state index contributed by atoms with van der Waals surface area (Å²) in [5.74, 6) is -1.46. The third-order valence-corrected chi connectivity index (χ3v) is 1.79. The molecule has 0 unspecified atom stereocenters. The average molecular weight is 182 g/mol. The second kappa shape index (κ2) is 2.46. The molecular weight excluding hydrogens is 176 g/mol. The highest BCUT2D eigenvalue weighted by molar-refractivity contribution is 9.09. The number of carboxylic acid groups (broad SMARTS) is 1. The van der Waals surface area contributed by atoms with Gasteiger partial charge in [0.2, 0.25) is 0 Å². The molecule has 0 aromatic rings. The van der Waals surface area contributed by atoms with Crippen molar-refractivity contribution in [1.29, 1.82) is 0 Å². The molecule has 48 valence electrons. The number of carboxylic acids is 1. The molecule has 0 heterocycles. The molecule has 0 aromatic carbocycles. The molecule has 0 amide bonds. The first-order chi connectivity index (χ1) is 3.50. The molecule has 0 fully saturated rings. The van der Waals surface area contributed by atoms with Crippen LogP contribution in [0.1, 0.15) is 6.92 Å². The largest absolute Gasteiger partial charge is 0.547 e. The molecule has 0 saturated carbocycles. The third kappa shape index (κ3) is 1.79. The van der Waals surface area contributed by atoms with Crippen LogP contribution in [0.25, 0.3) is 0 Å². The summed E-state index contributed by atoms with van der Waals surface area (Å²) in [7, 11) is 0. The minimum Gasteiger partial charge on any atom is -0.547 e. The minimum absolute atomic E-state index is 0.0116. The molecule has 0 aliphatic carbocycles. The van der Waals surface area contributed by atoms with Gasteiger partial charge >= 0.3 is 0 Å². The number of carbonyl (C=O) groups is 1. The first kappa shape index (κ1) is 7.91. The molecule has 3 nitrogen and oxygen atoms in total. The van der Waals surface area contributed by atoms with E-state index in [1.165, 1.54) is 0 Å². The molecule has 0 spiro atoms.